The van der Waals surface area contributed by atoms with Crippen LogP contribution < -0.4 is 4.74 Å². The van der Waals surface area contributed by atoms with Gasteiger partial charge in [0.2, 0.25) is 0 Å². The van der Waals surface area contributed by atoms with E-state index in [4.69, 9.17) is 39.5 Å². The van der Waals surface area contributed by atoms with Gasteiger partial charge in [0.1, 0.15) is 0 Å². The van der Waals surface area contributed by atoms with Crippen LogP contribution in [-0.4, -0.2) is 30.7 Å². The molecule has 0 N–H and O–H groups in total. The van der Waals surface area contributed by atoms with Crippen LogP contribution in [0.25, 0.3) is 22.4 Å². The van der Waals surface area contributed by atoms with E-state index in [1.54, 1.807) is 56.3 Å². The van der Waals surface area contributed by atoms with Crippen LogP contribution in [0.4, 0.5) is 0 Å². The van der Waals surface area contributed by atoms with Crippen LogP contribution in [0.1, 0.15) is 13.8 Å². The minimum atomic E-state index is -3.73. The Morgan fingerprint density at radius 1 is 0.931 bits per heavy atom. The second-order valence-corrected chi connectivity index (χ2v) is 9.82. The first-order chi connectivity index (χ1) is 13.6. The molecule has 0 saturated heterocycles. The molecule has 9 heteroatoms. The fraction of sp³-hybridized carbons (Fsp3) is 0.200. The van der Waals surface area contributed by atoms with Crippen molar-refractivity contribution in [3.8, 4) is 28.4 Å². The smallest absolute Gasteiger partial charge is 0.318 e. The maximum absolute atomic E-state index is 12.6. The lowest BCUT2D eigenvalue weighted by atomic mass is 10.0. The zero-order valence-electron chi connectivity index (χ0n) is 15.8. The van der Waals surface area contributed by atoms with Crippen molar-refractivity contribution in [1.29, 1.82) is 0 Å². The number of benzene rings is 2. The lowest BCUT2D eigenvalue weighted by Gasteiger charge is -2.17. The van der Waals surface area contributed by atoms with Crippen molar-refractivity contribution in [1.82, 2.24) is 9.97 Å². The molecule has 0 radical (unpaired) electrons. The predicted molar refractivity (Wildman–Crippen MR) is 117 cm³/mol. The Bertz CT molecular complexity index is 1160. The summed E-state index contributed by atoms with van der Waals surface area (Å²) in [5, 5.41) is 1.12. The molecule has 0 amide bonds. The number of hydrogen-bond acceptors (Lipinski definition) is 5. The van der Waals surface area contributed by atoms with Crippen LogP contribution >= 0.6 is 34.8 Å². The Balaban J connectivity index is 2.43. The van der Waals surface area contributed by atoms with E-state index < -0.39 is 9.84 Å². The van der Waals surface area contributed by atoms with E-state index in [9.17, 15) is 8.42 Å². The molecule has 1 aromatic heterocycles. The van der Waals surface area contributed by atoms with Gasteiger partial charge in [0.05, 0.1) is 16.8 Å². The van der Waals surface area contributed by atoms with Gasteiger partial charge < -0.3 is 4.74 Å². The van der Waals surface area contributed by atoms with E-state index in [2.05, 4.69) is 9.97 Å². The van der Waals surface area contributed by atoms with Gasteiger partial charge in [0.15, 0.2) is 14.9 Å². The Kier molecular flexibility index (Phi) is 6.39. The first-order valence-electron chi connectivity index (χ1n) is 8.56. The summed E-state index contributed by atoms with van der Waals surface area (Å²) in [6, 6.07) is 11.6. The minimum Gasteiger partial charge on any atom is -0.461 e. The summed E-state index contributed by atoms with van der Waals surface area (Å²) in [7, 11) is -3.73. The zero-order valence-corrected chi connectivity index (χ0v) is 18.9. The Morgan fingerprint density at radius 2 is 1.55 bits per heavy atom. The number of nitrogens with zero attached hydrogens (tertiary/aromatic N) is 2. The van der Waals surface area contributed by atoms with Gasteiger partial charge in [-0.25, -0.2) is 8.42 Å². The van der Waals surface area contributed by atoms with Crippen LogP contribution in [0, 0.1) is 0 Å². The predicted octanol–water partition coefficient (Wildman–Crippen LogP) is 5.96. The molecule has 0 spiro atoms. The van der Waals surface area contributed by atoms with Gasteiger partial charge in [-0.2, -0.15) is 9.97 Å². The summed E-state index contributed by atoms with van der Waals surface area (Å²) in [6.45, 7) is 3.59. The third-order valence-corrected chi connectivity index (χ3v) is 5.66. The third-order valence-electron chi connectivity index (χ3n) is 3.87. The molecule has 3 rings (SSSR count). The van der Waals surface area contributed by atoms with Gasteiger partial charge in [-0.15, -0.1) is 0 Å². The molecule has 0 bridgehead atoms. The van der Waals surface area contributed by atoms with Gasteiger partial charge in [0.25, 0.3) is 0 Å². The van der Waals surface area contributed by atoms with E-state index in [0.29, 0.717) is 37.5 Å². The molecule has 0 aliphatic heterocycles. The number of sulfone groups is 1. The highest BCUT2D eigenvalue weighted by Crippen LogP contribution is 2.40. The van der Waals surface area contributed by atoms with Crippen LogP contribution in [0.2, 0.25) is 15.1 Å². The molecular formula is C20H17Cl3N2O3S. The van der Waals surface area contributed by atoms with Crippen molar-refractivity contribution in [3.05, 3.63) is 57.5 Å². The standard InChI is InChI=1S/C20H17Cl3N2O3S/c1-11(2)28-20-24-18(15-9-8-14(22)10-16(15)23)17(19(25-20)29(3,26)27)12-4-6-13(21)7-5-12/h4-11H,1-3H3. The van der Waals surface area contributed by atoms with E-state index >= 15 is 0 Å². The average molecular weight is 472 g/mol. The van der Waals surface area contributed by atoms with Crippen molar-refractivity contribution >= 4 is 44.6 Å². The number of ether oxygens (including phenoxy) is 1. The SMILES string of the molecule is CC(C)Oc1nc(-c2ccc(Cl)cc2Cl)c(-c2ccc(Cl)cc2)c(S(C)(=O)=O)n1. The lowest BCUT2D eigenvalue weighted by Crippen LogP contribution is -2.13. The van der Waals surface area contributed by atoms with Gasteiger partial charge in [-0.3, -0.25) is 0 Å². The van der Waals surface area contributed by atoms with E-state index in [-0.39, 0.29) is 17.1 Å². The van der Waals surface area contributed by atoms with Crippen molar-refractivity contribution in [3.63, 3.8) is 0 Å². The van der Waals surface area contributed by atoms with Crippen molar-refractivity contribution in [2.75, 3.05) is 6.26 Å². The molecular weight excluding hydrogens is 455 g/mol. The summed E-state index contributed by atoms with van der Waals surface area (Å²) in [5.74, 6) is 0. The molecule has 0 saturated carbocycles. The normalized spacial score (nSPS) is 11.7. The molecule has 29 heavy (non-hydrogen) atoms. The molecule has 0 aliphatic carbocycles. The van der Waals surface area contributed by atoms with Crippen LogP contribution in [-0.2, 0) is 9.84 Å². The number of rotatable bonds is 5. The maximum Gasteiger partial charge on any atom is 0.318 e. The van der Waals surface area contributed by atoms with Crippen LogP contribution in [0.3, 0.4) is 0 Å². The zero-order chi connectivity index (χ0) is 21.3. The molecule has 2 aromatic carbocycles. The largest absolute Gasteiger partial charge is 0.461 e. The van der Waals surface area contributed by atoms with Crippen LogP contribution in [0.5, 0.6) is 6.01 Å². The van der Waals surface area contributed by atoms with Crippen molar-refractivity contribution in [2.45, 2.75) is 25.0 Å². The van der Waals surface area contributed by atoms with E-state index in [0.717, 1.165) is 6.26 Å². The summed E-state index contributed by atoms with van der Waals surface area (Å²) < 4.78 is 30.9. The van der Waals surface area contributed by atoms with Gasteiger partial charge >= 0.3 is 6.01 Å². The summed E-state index contributed by atoms with van der Waals surface area (Å²) in [5.41, 5.74) is 1.71. The highest BCUT2D eigenvalue weighted by molar-refractivity contribution is 7.90. The molecule has 1 heterocycles. The number of hydrogen-bond donors (Lipinski definition) is 0. The fourth-order valence-corrected chi connectivity index (χ4v) is 4.16. The molecule has 0 aliphatic rings. The topological polar surface area (TPSA) is 69.2 Å². The second-order valence-electron chi connectivity index (χ2n) is 6.60. The number of aromatic nitrogens is 2. The van der Waals surface area contributed by atoms with Gasteiger partial charge in [-0.05, 0) is 49.7 Å². The average Bonchev–Trinajstić information content (AvgIpc) is 2.61. The van der Waals surface area contributed by atoms with Gasteiger partial charge in [0, 0.05) is 27.4 Å². The van der Waals surface area contributed by atoms with E-state index in [1.807, 2.05) is 0 Å². The summed E-state index contributed by atoms with van der Waals surface area (Å²) in [4.78, 5) is 8.68. The molecule has 3 aromatic rings. The minimum absolute atomic E-state index is 0.0563. The van der Waals surface area contributed by atoms with Gasteiger partial charge in [-0.1, -0.05) is 46.9 Å². The Hall–Kier alpha value is -1.86. The molecule has 152 valence electrons. The fourth-order valence-electron chi connectivity index (χ4n) is 2.71. The van der Waals surface area contributed by atoms with E-state index in [1.165, 1.54) is 0 Å². The molecule has 5 nitrogen and oxygen atoms in total. The maximum atomic E-state index is 12.6. The second kappa shape index (κ2) is 8.48. The highest BCUT2D eigenvalue weighted by atomic mass is 35.5. The third kappa shape index (κ3) is 5.01. The van der Waals surface area contributed by atoms with Crippen molar-refractivity contribution in [2.24, 2.45) is 0 Å². The lowest BCUT2D eigenvalue weighted by molar-refractivity contribution is 0.220. The molecule has 0 unspecified atom stereocenters. The number of halogens is 3. The summed E-state index contributed by atoms with van der Waals surface area (Å²) in [6.07, 6.45) is 0.832. The Morgan fingerprint density at radius 3 is 2.10 bits per heavy atom. The summed E-state index contributed by atoms with van der Waals surface area (Å²) >= 11 is 18.5. The Labute approximate surface area is 184 Å². The quantitative estimate of drug-likeness (QED) is 0.429. The monoisotopic (exact) mass is 470 g/mol. The first-order valence-corrected chi connectivity index (χ1v) is 11.6. The molecule has 0 atom stereocenters. The van der Waals surface area contributed by atoms with Crippen molar-refractivity contribution < 1.29 is 13.2 Å². The van der Waals surface area contributed by atoms with Crippen LogP contribution in [0.15, 0.2) is 47.5 Å². The highest BCUT2D eigenvalue weighted by Gasteiger charge is 2.26. The first kappa shape index (κ1) is 21.8. The molecule has 0 fully saturated rings.